The molecule has 5 nitrogen and oxygen atoms in total. The zero-order chi connectivity index (χ0) is 13.9. The third-order valence-electron chi connectivity index (χ3n) is 3.02. The molecule has 0 radical (unpaired) electrons. The molecule has 0 amide bonds. The molecule has 0 unspecified atom stereocenters. The number of fused-ring (bicyclic) bond motifs is 1. The van der Waals surface area contributed by atoms with Crippen molar-refractivity contribution < 1.29 is 5.21 Å². The Labute approximate surface area is 120 Å². The fourth-order valence-electron chi connectivity index (χ4n) is 2.00. The van der Waals surface area contributed by atoms with Gasteiger partial charge in [-0.05, 0) is 24.3 Å². The molecule has 0 fully saturated rings. The normalized spacial score (nSPS) is 11.9. The number of hydrogen-bond acceptors (Lipinski definition) is 4. The molecule has 20 heavy (non-hydrogen) atoms. The predicted octanol–water partition coefficient (Wildman–Crippen LogP) is 2.96. The van der Waals surface area contributed by atoms with E-state index in [-0.39, 0.29) is 0 Å². The number of aromatic nitrogens is 3. The third-order valence-corrected chi connectivity index (χ3v) is 3.27. The van der Waals surface area contributed by atoms with Gasteiger partial charge < -0.3 is 5.21 Å². The van der Waals surface area contributed by atoms with Gasteiger partial charge in [-0.2, -0.15) is 0 Å². The predicted molar refractivity (Wildman–Crippen MR) is 77.3 cm³/mol. The zero-order valence-electron chi connectivity index (χ0n) is 10.4. The highest BCUT2D eigenvalue weighted by atomic mass is 35.5. The molecule has 0 atom stereocenters. The first-order valence-corrected chi connectivity index (χ1v) is 6.41. The minimum absolute atomic E-state index is 0.332. The number of hydrogen-bond donors (Lipinski definition) is 1. The average Bonchev–Trinajstić information content (AvgIpc) is 2.89. The minimum atomic E-state index is 0.332. The van der Waals surface area contributed by atoms with Gasteiger partial charge in [0.2, 0.25) is 0 Å². The molecule has 3 aromatic rings. The van der Waals surface area contributed by atoms with E-state index in [9.17, 15) is 5.21 Å². The maximum Gasteiger partial charge on any atom is 0.113 e. The third kappa shape index (κ3) is 2.35. The van der Waals surface area contributed by atoms with E-state index in [1.165, 1.54) is 0 Å². The summed E-state index contributed by atoms with van der Waals surface area (Å²) in [6.45, 7) is 0.332. The van der Waals surface area contributed by atoms with Crippen LogP contribution in [0, 0.1) is 0 Å². The van der Waals surface area contributed by atoms with E-state index < -0.39 is 0 Å². The lowest BCUT2D eigenvalue weighted by Gasteiger charge is -2.05. The number of para-hydroxylation sites is 1. The first-order valence-electron chi connectivity index (χ1n) is 6.03. The van der Waals surface area contributed by atoms with E-state index >= 15 is 0 Å². The molecule has 0 spiro atoms. The van der Waals surface area contributed by atoms with Crippen molar-refractivity contribution in [1.29, 1.82) is 0 Å². The van der Waals surface area contributed by atoms with Gasteiger partial charge in [0.05, 0.1) is 12.1 Å². The number of oxime groups is 1. The van der Waals surface area contributed by atoms with E-state index in [0.717, 1.165) is 16.6 Å². The molecule has 0 saturated carbocycles. The monoisotopic (exact) mass is 286 g/mol. The van der Waals surface area contributed by atoms with Crippen molar-refractivity contribution in [2.45, 2.75) is 6.54 Å². The summed E-state index contributed by atoms with van der Waals surface area (Å²) in [5, 5.41) is 21.3. The van der Waals surface area contributed by atoms with Crippen molar-refractivity contribution in [3.05, 3.63) is 59.1 Å². The number of rotatable bonds is 3. The van der Waals surface area contributed by atoms with Crippen molar-refractivity contribution in [2.75, 3.05) is 0 Å². The maximum atomic E-state index is 9.21. The molecule has 3 rings (SSSR count). The number of benzene rings is 2. The van der Waals surface area contributed by atoms with Gasteiger partial charge >= 0.3 is 0 Å². The highest BCUT2D eigenvalue weighted by Gasteiger charge is 2.09. The van der Waals surface area contributed by atoms with E-state index in [2.05, 4.69) is 15.5 Å². The first kappa shape index (κ1) is 12.6. The van der Waals surface area contributed by atoms with E-state index in [1.807, 2.05) is 24.3 Å². The van der Waals surface area contributed by atoms with E-state index in [4.69, 9.17) is 11.6 Å². The van der Waals surface area contributed by atoms with Crippen LogP contribution >= 0.6 is 11.6 Å². The lowest BCUT2D eigenvalue weighted by Crippen LogP contribution is -2.13. The summed E-state index contributed by atoms with van der Waals surface area (Å²) in [6.07, 6.45) is 0. The van der Waals surface area contributed by atoms with Crippen LogP contribution in [-0.2, 0) is 6.54 Å². The average molecular weight is 287 g/mol. The van der Waals surface area contributed by atoms with Crippen molar-refractivity contribution in [3.8, 4) is 0 Å². The van der Waals surface area contributed by atoms with E-state index in [0.29, 0.717) is 17.3 Å². The molecule has 2 aromatic carbocycles. The summed E-state index contributed by atoms with van der Waals surface area (Å²) < 4.78 is 1.69. The van der Waals surface area contributed by atoms with Crippen LogP contribution in [-0.4, -0.2) is 25.9 Å². The van der Waals surface area contributed by atoms with Crippen LogP contribution in [0.2, 0.25) is 5.02 Å². The first-order chi connectivity index (χ1) is 9.78. The Kier molecular flexibility index (Phi) is 3.35. The topological polar surface area (TPSA) is 63.3 Å². The summed E-state index contributed by atoms with van der Waals surface area (Å²) in [6, 6.07) is 14.7. The van der Waals surface area contributed by atoms with Crippen molar-refractivity contribution >= 4 is 28.3 Å². The van der Waals surface area contributed by atoms with Crippen LogP contribution in [0.1, 0.15) is 5.56 Å². The quantitative estimate of drug-likeness (QED) is 0.457. The smallest absolute Gasteiger partial charge is 0.113 e. The molecule has 0 aliphatic heterocycles. The van der Waals surface area contributed by atoms with Crippen molar-refractivity contribution in [3.63, 3.8) is 0 Å². The largest absolute Gasteiger partial charge is 0.411 e. The second-order valence-corrected chi connectivity index (χ2v) is 4.73. The second-order valence-electron chi connectivity index (χ2n) is 4.29. The Bertz CT molecular complexity index is 764. The summed E-state index contributed by atoms with van der Waals surface area (Å²) >= 11 is 5.85. The number of halogens is 1. The van der Waals surface area contributed by atoms with E-state index in [1.54, 1.807) is 28.9 Å². The summed E-state index contributed by atoms with van der Waals surface area (Å²) in [7, 11) is 0. The molecule has 6 heteroatoms. The molecule has 100 valence electrons. The van der Waals surface area contributed by atoms with Crippen molar-refractivity contribution in [1.82, 2.24) is 15.0 Å². The van der Waals surface area contributed by atoms with Gasteiger partial charge in [-0.1, -0.05) is 46.2 Å². The molecule has 0 saturated heterocycles. The standard InChI is InChI=1S/C14H11ClN4O/c15-11-7-5-10(6-8-11)13(17-20)9-19-14-4-2-1-3-12(14)16-18-19/h1-8,20H,9H2/b17-13-. The summed E-state index contributed by atoms with van der Waals surface area (Å²) in [4.78, 5) is 0. The molecule has 1 heterocycles. The van der Waals surface area contributed by atoms with Gasteiger partial charge in [-0.3, -0.25) is 0 Å². The number of nitrogens with zero attached hydrogens (tertiary/aromatic N) is 4. The molecule has 0 aliphatic carbocycles. The fraction of sp³-hybridized carbons (Fsp3) is 0.0714. The maximum absolute atomic E-state index is 9.21. The molecular formula is C14H11ClN4O. The lowest BCUT2D eigenvalue weighted by molar-refractivity contribution is 0.317. The lowest BCUT2D eigenvalue weighted by atomic mass is 10.1. The van der Waals surface area contributed by atoms with Gasteiger partial charge in [-0.25, -0.2) is 4.68 Å². The van der Waals surface area contributed by atoms with Crippen LogP contribution in [0.15, 0.2) is 53.7 Å². The molecule has 0 bridgehead atoms. The van der Waals surface area contributed by atoms with Gasteiger partial charge in [0.15, 0.2) is 0 Å². The molecule has 1 aromatic heterocycles. The Morgan fingerprint density at radius 3 is 2.65 bits per heavy atom. The SMILES string of the molecule is O/N=C(/Cn1nnc2ccccc21)c1ccc(Cl)cc1. The van der Waals surface area contributed by atoms with Gasteiger partial charge in [-0.15, -0.1) is 5.10 Å². The summed E-state index contributed by atoms with van der Waals surface area (Å²) in [5.74, 6) is 0. The van der Waals surface area contributed by atoms with Gasteiger partial charge in [0, 0.05) is 10.6 Å². The van der Waals surface area contributed by atoms with Crippen LogP contribution in [0.3, 0.4) is 0 Å². The zero-order valence-corrected chi connectivity index (χ0v) is 11.2. The highest BCUT2D eigenvalue weighted by Crippen LogP contribution is 2.14. The summed E-state index contributed by atoms with van der Waals surface area (Å²) in [5.41, 5.74) is 2.98. The Hall–Kier alpha value is -2.40. The van der Waals surface area contributed by atoms with Crippen LogP contribution in [0.5, 0.6) is 0 Å². The van der Waals surface area contributed by atoms with Gasteiger partial charge in [0.1, 0.15) is 11.2 Å². The Morgan fingerprint density at radius 2 is 1.90 bits per heavy atom. The fourth-order valence-corrected chi connectivity index (χ4v) is 2.12. The van der Waals surface area contributed by atoms with Crippen molar-refractivity contribution in [2.24, 2.45) is 5.16 Å². The second kappa shape index (κ2) is 5.30. The minimum Gasteiger partial charge on any atom is -0.411 e. The Balaban J connectivity index is 1.94. The molecule has 1 N–H and O–H groups in total. The Morgan fingerprint density at radius 1 is 1.15 bits per heavy atom. The molecule has 0 aliphatic rings. The molecular weight excluding hydrogens is 276 g/mol. The van der Waals surface area contributed by atoms with Crippen LogP contribution in [0.4, 0.5) is 0 Å². The van der Waals surface area contributed by atoms with Crippen LogP contribution in [0.25, 0.3) is 11.0 Å². The van der Waals surface area contributed by atoms with Gasteiger partial charge in [0.25, 0.3) is 0 Å². The van der Waals surface area contributed by atoms with Crippen LogP contribution < -0.4 is 0 Å². The highest BCUT2D eigenvalue weighted by molar-refractivity contribution is 6.30.